The van der Waals surface area contributed by atoms with Crippen molar-refractivity contribution in [1.29, 1.82) is 0 Å². The lowest BCUT2D eigenvalue weighted by Gasteiger charge is -2.04. The van der Waals surface area contributed by atoms with E-state index >= 15 is 0 Å². The summed E-state index contributed by atoms with van der Waals surface area (Å²) in [6, 6.07) is 15.3. The Kier molecular flexibility index (Phi) is 4.44. The van der Waals surface area contributed by atoms with Crippen molar-refractivity contribution in [2.45, 2.75) is 13.1 Å². The molecule has 2 heterocycles. The average molecular weight is 366 g/mol. The number of rotatable bonds is 6. The summed E-state index contributed by atoms with van der Waals surface area (Å²) in [6.45, 7) is 0.445. The maximum absolute atomic E-state index is 13.1. The van der Waals surface area contributed by atoms with Crippen LogP contribution in [0.15, 0.2) is 59.4 Å². The number of nitrogens with one attached hydrogen (secondary N) is 2. The van der Waals surface area contributed by atoms with Crippen molar-refractivity contribution in [1.82, 2.24) is 35.0 Å². The van der Waals surface area contributed by atoms with Crippen molar-refractivity contribution < 1.29 is 4.39 Å². The number of anilines is 1. The minimum Gasteiger partial charge on any atom is -0.378 e. The van der Waals surface area contributed by atoms with Gasteiger partial charge in [-0.05, 0) is 46.8 Å². The Labute approximate surface area is 152 Å². The molecule has 0 amide bonds. The second kappa shape index (κ2) is 7.20. The molecule has 2 aromatic carbocycles. The smallest absolute Gasteiger partial charge is 0.343 e. The van der Waals surface area contributed by atoms with Crippen molar-refractivity contribution in [2.75, 3.05) is 5.32 Å². The molecule has 0 aliphatic carbocycles. The van der Waals surface area contributed by atoms with Crippen LogP contribution in [0.2, 0.25) is 0 Å². The molecule has 0 fully saturated rings. The molecule has 2 N–H and O–H groups in total. The molecule has 2 aromatic heterocycles. The number of tetrazole rings is 1. The van der Waals surface area contributed by atoms with Crippen LogP contribution in [0.1, 0.15) is 11.6 Å². The van der Waals surface area contributed by atoms with Gasteiger partial charge in [0.2, 0.25) is 0 Å². The standard InChI is InChI=1S/C17H15FN8O/c18-12-6-8-14(9-7-12)26-16(21-23-24-26)11-25-17(27)20-15(22-25)10-19-13-4-2-1-3-5-13/h1-9,19H,10-11H2,(H,20,22,27). The highest BCUT2D eigenvalue weighted by atomic mass is 19.1. The molecule has 4 aromatic rings. The van der Waals surface area contributed by atoms with Crippen LogP contribution in [0.3, 0.4) is 0 Å². The van der Waals surface area contributed by atoms with Crippen LogP contribution in [0, 0.1) is 5.82 Å². The third kappa shape index (κ3) is 3.73. The first kappa shape index (κ1) is 16.6. The quantitative estimate of drug-likeness (QED) is 0.533. The van der Waals surface area contributed by atoms with E-state index in [1.54, 1.807) is 12.1 Å². The number of halogens is 1. The first-order chi connectivity index (χ1) is 13.2. The van der Waals surface area contributed by atoms with E-state index in [1.165, 1.54) is 21.5 Å². The Morgan fingerprint density at radius 1 is 1.07 bits per heavy atom. The van der Waals surface area contributed by atoms with Gasteiger partial charge in [-0.3, -0.25) is 4.98 Å². The molecule has 0 saturated heterocycles. The van der Waals surface area contributed by atoms with E-state index in [1.807, 2.05) is 30.3 Å². The molecular formula is C17H15FN8O. The topological polar surface area (TPSA) is 106 Å². The second-order valence-electron chi connectivity index (χ2n) is 5.74. The predicted molar refractivity (Wildman–Crippen MR) is 94.8 cm³/mol. The van der Waals surface area contributed by atoms with Gasteiger partial charge in [-0.25, -0.2) is 13.9 Å². The lowest BCUT2D eigenvalue weighted by Crippen LogP contribution is -2.21. The van der Waals surface area contributed by atoms with Crippen LogP contribution in [-0.2, 0) is 13.1 Å². The molecule has 0 unspecified atom stereocenters. The minimum atomic E-state index is -0.367. The molecule has 10 heteroatoms. The number of aromatic amines is 1. The molecule has 0 bridgehead atoms. The number of H-pyrrole nitrogens is 1. The summed E-state index contributed by atoms with van der Waals surface area (Å²) >= 11 is 0. The SMILES string of the molecule is O=c1[nH]c(CNc2ccccc2)nn1Cc1nnnn1-c1ccc(F)cc1. The molecule has 4 rings (SSSR count). The van der Waals surface area contributed by atoms with E-state index in [2.05, 4.69) is 30.9 Å². The Morgan fingerprint density at radius 2 is 1.85 bits per heavy atom. The Balaban J connectivity index is 1.51. The van der Waals surface area contributed by atoms with Gasteiger partial charge in [-0.2, -0.15) is 9.78 Å². The van der Waals surface area contributed by atoms with E-state index in [-0.39, 0.29) is 18.1 Å². The summed E-state index contributed by atoms with van der Waals surface area (Å²) in [5.41, 5.74) is 1.15. The monoisotopic (exact) mass is 366 g/mol. The van der Waals surface area contributed by atoms with Crippen LogP contribution < -0.4 is 11.0 Å². The molecule has 0 aliphatic heterocycles. The fourth-order valence-electron chi connectivity index (χ4n) is 2.55. The largest absolute Gasteiger partial charge is 0.378 e. The maximum atomic E-state index is 13.1. The number of benzene rings is 2. The normalized spacial score (nSPS) is 10.9. The summed E-state index contributed by atoms with van der Waals surface area (Å²) in [5.74, 6) is 0.537. The number of para-hydroxylation sites is 1. The Bertz CT molecular complexity index is 1080. The lowest BCUT2D eigenvalue weighted by atomic mass is 10.3. The minimum absolute atomic E-state index is 0.0745. The molecule has 0 atom stereocenters. The van der Waals surface area contributed by atoms with Gasteiger partial charge in [-0.1, -0.05) is 18.2 Å². The predicted octanol–water partition coefficient (Wildman–Crippen LogP) is 1.35. The van der Waals surface area contributed by atoms with Gasteiger partial charge >= 0.3 is 5.69 Å². The summed E-state index contributed by atoms with van der Waals surface area (Å²) in [4.78, 5) is 14.9. The van der Waals surface area contributed by atoms with Gasteiger partial charge in [0.15, 0.2) is 5.82 Å². The summed E-state index contributed by atoms with van der Waals surface area (Å²) < 4.78 is 15.8. The van der Waals surface area contributed by atoms with Gasteiger partial charge in [0.25, 0.3) is 0 Å². The van der Waals surface area contributed by atoms with Gasteiger partial charge < -0.3 is 5.32 Å². The molecule has 0 saturated carbocycles. The number of hydrogen-bond acceptors (Lipinski definition) is 6. The zero-order valence-corrected chi connectivity index (χ0v) is 14.1. The molecular weight excluding hydrogens is 351 g/mol. The number of nitrogens with zero attached hydrogens (tertiary/aromatic N) is 6. The molecule has 0 radical (unpaired) electrons. The van der Waals surface area contributed by atoms with Gasteiger partial charge in [0.05, 0.1) is 12.2 Å². The maximum Gasteiger partial charge on any atom is 0.343 e. The highest BCUT2D eigenvalue weighted by Gasteiger charge is 2.13. The van der Waals surface area contributed by atoms with Crippen LogP contribution in [-0.4, -0.2) is 35.0 Å². The average Bonchev–Trinajstić information content (AvgIpc) is 3.29. The van der Waals surface area contributed by atoms with Crippen LogP contribution in [0.25, 0.3) is 5.69 Å². The number of hydrogen-bond donors (Lipinski definition) is 2. The van der Waals surface area contributed by atoms with Gasteiger partial charge in [-0.15, -0.1) is 5.10 Å². The molecule has 136 valence electrons. The van der Waals surface area contributed by atoms with Crippen LogP contribution in [0.4, 0.5) is 10.1 Å². The van der Waals surface area contributed by atoms with Crippen molar-refractivity contribution in [3.8, 4) is 5.69 Å². The first-order valence-electron chi connectivity index (χ1n) is 8.17. The van der Waals surface area contributed by atoms with E-state index in [9.17, 15) is 9.18 Å². The molecule has 0 aliphatic rings. The molecule has 9 nitrogen and oxygen atoms in total. The van der Waals surface area contributed by atoms with Crippen molar-refractivity contribution >= 4 is 5.69 Å². The van der Waals surface area contributed by atoms with Gasteiger partial charge in [0.1, 0.15) is 18.2 Å². The summed E-state index contributed by atoms with van der Waals surface area (Å²) in [7, 11) is 0. The number of aromatic nitrogens is 7. The Morgan fingerprint density at radius 3 is 2.63 bits per heavy atom. The van der Waals surface area contributed by atoms with Crippen LogP contribution >= 0.6 is 0 Å². The van der Waals surface area contributed by atoms with E-state index in [4.69, 9.17) is 0 Å². The van der Waals surface area contributed by atoms with E-state index < -0.39 is 0 Å². The zero-order chi connectivity index (χ0) is 18.6. The zero-order valence-electron chi connectivity index (χ0n) is 14.1. The van der Waals surface area contributed by atoms with Crippen LogP contribution in [0.5, 0.6) is 0 Å². The summed E-state index contributed by atoms with van der Waals surface area (Å²) in [6.07, 6.45) is 0. The molecule has 27 heavy (non-hydrogen) atoms. The third-order valence-electron chi connectivity index (χ3n) is 3.86. The fourth-order valence-corrected chi connectivity index (χ4v) is 2.55. The highest BCUT2D eigenvalue weighted by Crippen LogP contribution is 2.10. The second-order valence-corrected chi connectivity index (χ2v) is 5.74. The summed E-state index contributed by atoms with van der Waals surface area (Å²) in [5, 5.41) is 18.9. The van der Waals surface area contributed by atoms with E-state index in [0.29, 0.717) is 23.9 Å². The third-order valence-corrected chi connectivity index (χ3v) is 3.86. The van der Waals surface area contributed by atoms with Crippen molar-refractivity contribution in [3.05, 3.63) is 82.5 Å². The molecule has 0 spiro atoms. The Hall–Kier alpha value is -3.82. The van der Waals surface area contributed by atoms with Crippen molar-refractivity contribution in [3.63, 3.8) is 0 Å². The van der Waals surface area contributed by atoms with E-state index in [0.717, 1.165) is 5.69 Å². The highest BCUT2D eigenvalue weighted by molar-refractivity contribution is 5.42. The fraction of sp³-hybridized carbons (Fsp3) is 0.118. The first-order valence-corrected chi connectivity index (χ1v) is 8.17. The van der Waals surface area contributed by atoms with Crippen molar-refractivity contribution in [2.24, 2.45) is 0 Å². The van der Waals surface area contributed by atoms with Gasteiger partial charge in [0, 0.05) is 5.69 Å². The lowest BCUT2D eigenvalue weighted by molar-refractivity contribution is 0.606.